The highest BCUT2D eigenvalue weighted by Crippen LogP contribution is 2.51. The van der Waals surface area contributed by atoms with E-state index in [0.717, 1.165) is 23.2 Å². The van der Waals surface area contributed by atoms with E-state index in [4.69, 9.17) is 37.5 Å². The molecule has 4 amide bonds. The maximum Gasteiger partial charge on any atom is 0.472 e. The van der Waals surface area contributed by atoms with Crippen molar-refractivity contribution < 1.29 is 66.4 Å². The number of hydrogen-bond donors (Lipinski definition) is 7. The predicted octanol–water partition coefficient (Wildman–Crippen LogP) is 5.63. The fourth-order valence-corrected chi connectivity index (χ4v) is 14.1. The second-order valence-corrected chi connectivity index (χ2v) is 24.6. The Morgan fingerprint density at radius 3 is 2.22 bits per heavy atom. The zero-order valence-electron chi connectivity index (χ0n) is 48.9. The number of phosphoric ester groups is 1. The van der Waals surface area contributed by atoms with Crippen molar-refractivity contribution in [1.82, 2.24) is 45.0 Å². The molecule has 7 N–H and O–H groups in total. The van der Waals surface area contributed by atoms with Crippen molar-refractivity contribution in [3.05, 3.63) is 177 Å². The van der Waals surface area contributed by atoms with Gasteiger partial charge in [-0.3, -0.25) is 37.5 Å². The molecule has 3 aromatic heterocycles. The maximum absolute atomic E-state index is 14.7. The fraction of sp³-hybridized carbons (Fsp3) is 0.410. The van der Waals surface area contributed by atoms with E-state index in [1.54, 1.807) is 68.8 Å². The molecule has 11 rings (SSSR count). The van der Waals surface area contributed by atoms with Crippen LogP contribution in [0.3, 0.4) is 0 Å². The van der Waals surface area contributed by atoms with Crippen molar-refractivity contribution in [3.8, 4) is 11.5 Å². The van der Waals surface area contributed by atoms with Gasteiger partial charge in [0.25, 0.3) is 11.5 Å². The first-order chi connectivity index (χ1) is 43.1. The molecule has 7 aromatic rings. The molecule has 4 saturated heterocycles. The Hall–Kier alpha value is -7.82. The highest BCUT2D eigenvalue weighted by Gasteiger charge is 2.53. The molecule has 4 fully saturated rings. The van der Waals surface area contributed by atoms with Crippen LogP contribution in [0.15, 0.2) is 138 Å². The van der Waals surface area contributed by atoms with Gasteiger partial charge in [-0.2, -0.15) is 11.8 Å². The van der Waals surface area contributed by atoms with Crippen LogP contribution in [-0.2, 0) is 43.0 Å². The SMILES string of the molecule is COc1ccc(C(OC[C@H]2O[C@@H](n3cnc4c(NC(=O)c5ccccc5)ncnc43)[C@H](OCCCNC(=O)CCCC[C@@H]3SC[C@@H]4NC(=O)N[C@@H]43)[C@@H]2OP(=O)(O)OC[C@H]2O[C@@H](n3cc(C)c(=O)[nH]c3=O)C[C@@H]2O)(c2ccccc2)c2ccc(OC)cc2)cc1. The molecule has 0 saturated carbocycles. The number of aliphatic hydroxyl groups excluding tert-OH is 1. The number of hydrogen-bond acceptors (Lipinski definition) is 19. The van der Waals surface area contributed by atoms with E-state index in [1.165, 1.54) is 30.3 Å². The zero-order chi connectivity index (χ0) is 62.2. The van der Waals surface area contributed by atoms with Crippen LogP contribution in [0.1, 0.15) is 83.6 Å². The minimum Gasteiger partial charge on any atom is -0.497 e. The number of carbonyl (C=O) groups is 3. The molecule has 1 unspecified atom stereocenters. The zero-order valence-corrected chi connectivity index (χ0v) is 50.6. The van der Waals surface area contributed by atoms with Gasteiger partial charge >= 0.3 is 19.5 Å². The molecular weight excluding hydrogens is 1190 g/mol. The van der Waals surface area contributed by atoms with Gasteiger partial charge in [-0.05, 0) is 79.3 Å². The Bertz CT molecular complexity index is 3720. The molecule has 4 aliphatic heterocycles. The smallest absolute Gasteiger partial charge is 0.472 e. The van der Waals surface area contributed by atoms with E-state index in [1.807, 2.05) is 66.4 Å². The van der Waals surface area contributed by atoms with Crippen molar-refractivity contribution in [2.24, 2.45) is 0 Å². The number of aromatic amines is 1. The van der Waals surface area contributed by atoms with Crippen LogP contribution in [0.4, 0.5) is 10.6 Å². The number of H-pyrrole nitrogens is 1. The van der Waals surface area contributed by atoms with Crippen LogP contribution < -0.4 is 42.0 Å². The van der Waals surface area contributed by atoms with Crippen LogP contribution in [0, 0.1) is 6.92 Å². The summed E-state index contributed by atoms with van der Waals surface area (Å²) >= 11 is 1.82. The molecule has 0 radical (unpaired) electrons. The molecule has 470 valence electrons. The van der Waals surface area contributed by atoms with E-state index < -0.39 is 80.2 Å². The number of unbranched alkanes of at least 4 members (excludes halogenated alkanes) is 1. The molecular formula is C61H69N10O16PS. The highest BCUT2D eigenvalue weighted by atomic mass is 32.2. The molecule has 4 aromatic carbocycles. The number of anilines is 1. The number of aromatic nitrogens is 6. The third kappa shape index (κ3) is 14.1. The minimum atomic E-state index is -5.29. The summed E-state index contributed by atoms with van der Waals surface area (Å²) < 4.78 is 67.6. The summed E-state index contributed by atoms with van der Waals surface area (Å²) in [5.74, 6) is 1.46. The van der Waals surface area contributed by atoms with Gasteiger partial charge in [0.05, 0.1) is 51.9 Å². The lowest BCUT2D eigenvalue weighted by atomic mass is 9.80. The molecule has 0 spiro atoms. The Morgan fingerprint density at radius 1 is 0.820 bits per heavy atom. The van der Waals surface area contributed by atoms with E-state index >= 15 is 0 Å². The number of carbonyl (C=O) groups excluding carboxylic acids is 3. The van der Waals surface area contributed by atoms with E-state index in [-0.39, 0.29) is 90.8 Å². The molecule has 0 bridgehead atoms. The lowest BCUT2D eigenvalue weighted by molar-refractivity contribution is -0.121. The number of methoxy groups -OCH3 is 2. The van der Waals surface area contributed by atoms with E-state index in [0.29, 0.717) is 40.2 Å². The third-order valence-electron chi connectivity index (χ3n) is 16.2. The Labute approximate surface area is 514 Å². The molecule has 4 aliphatic rings. The van der Waals surface area contributed by atoms with Gasteiger partial charge in [0.1, 0.15) is 54.1 Å². The summed E-state index contributed by atoms with van der Waals surface area (Å²) in [6.45, 7) is 0.560. The van der Waals surface area contributed by atoms with E-state index in [2.05, 4.69) is 41.2 Å². The Kier molecular flexibility index (Phi) is 19.7. The number of phosphoric acid groups is 1. The summed E-state index contributed by atoms with van der Waals surface area (Å²) in [7, 11) is -2.17. The van der Waals surface area contributed by atoms with Crippen molar-refractivity contribution in [1.29, 1.82) is 0 Å². The minimum absolute atomic E-state index is 0.0607. The number of urea groups is 1. The first kappa shape index (κ1) is 62.8. The number of amides is 4. The molecule has 11 atom stereocenters. The topological polar surface area (TPSA) is 329 Å². The van der Waals surface area contributed by atoms with Crippen LogP contribution >= 0.6 is 19.6 Å². The number of aryl methyl sites for hydroxylation is 1. The largest absolute Gasteiger partial charge is 0.497 e. The third-order valence-corrected chi connectivity index (χ3v) is 18.7. The number of thioether (sulfide) groups is 1. The molecule has 28 heteroatoms. The predicted molar refractivity (Wildman–Crippen MR) is 324 cm³/mol. The number of nitrogens with zero attached hydrogens (tertiary/aromatic N) is 5. The molecule has 0 aliphatic carbocycles. The second kappa shape index (κ2) is 27.9. The summed E-state index contributed by atoms with van der Waals surface area (Å²) in [5.41, 5.74) is 0.101. The van der Waals surface area contributed by atoms with Crippen LogP contribution in [0.2, 0.25) is 0 Å². The number of ether oxygens (including phenoxy) is 6. The average molecular weight is 1260 g/mol. The summed E-state index contributed by atoms with van der Waals surface area (Å²) in [5, 5.41) is 23.2. The van der Waals surface area contributed by atoms with Crippen LogP contribution in [0.5, 0.6) is 11.5 Å². The number of aliphatic hydroxyl groups is 1. The molecule has 89 heavy (non-hydrogen) atoms. The van der Waals surface area contributed by atoms with Crippen molar-refractivity contribution in [2.45, 2.75) is 111 Å². The summed E-state index contributed by atoms with van der Waals surface area (Å²) in [6, 6.07) is 32.7. The van der Waals surface area contributed by atoms with Gasteiger partial charge < -0.3 is 59.7 Å². The first-order valence-corrected chi connectivity index (χ1v) is 31.7. The van der Waals surface area contributed by atoms with Gasteiger partial charge in [-0.1, -0.05) is 79.2 Å². The number of fused-ring (bicyclic) bond motifs is 2. The van der Waals surface area contributed by atoms with Gasteiger partial charge in [0.2, 0.25) is 5.91 Å². The Morgan fingerprint density at radius 2 is 1.52 bits per heavy atom. The second-order valence-electron chi connectivity index (χ2n) is 21.9. The lowest BCUT2D eigenvalue weighted by Gasteiger charge is -2.37. The summed E-state index contributed by atoms with van der Waals surface area (Å²) in [6.07, 6.45) is -2.41. The van der Waals surface area contributed by atoms with Gasteiger partial charge in [0, 0.05) is 54.3 Å². The lowest BCUT2D eigenvalue weighted by Crippen LogP contribution is -2.41. The molecule has 7 heterocycles. The molecule has 26 nitrogen and oxygen atoms in total. The van der Waals surface area contributed by atoms with Gasteiger partial charge in [-0.15, -0.1) is 0 Å². The van der Waals surface area contributed by atoms with Gasteiger partial charge in [-0.25, -0.2) is 29.1 Å². The maximum atomic E-state index is 14.7. The fourth-order valence-electron chi connectivity index (χ4n) is 11.6. The highest BCUT2D eigenvalue weighted by molar-refractivity contribution is 8.00. The van der Waals surface area contributed by atoms with Crippen LogP contribution in [0.25, 0.3) is 11.2 Å². The van der Waals surface area contributed by atoms with Crippen molar-refractivity contribution >= 4 is 54.4 Å². The first-order valence-electron chi connectivity index (χ1n) is 29.2. The average Bonchev–Trinajstić information content (AvgIpc) is 1.76. The Balaban J connectivity index is 0.902. The van der Waals surface area contributed by atoms with Crippen molar-refractivity contribution in [2.75, 3.05) is 51.7 Å². The van der Waals surface area contributed by atoms with Crippen LogP contribution in [-0.4, -0.2) is 151 Å². The normalized spacial score (nSPS) is 23.8. The van der Waals surface area contributed by atoms with Gasteiger partial charge in [0.15, 0.2) is 23.2 Å². The number of rotatable bonds is 27. The standard InChI is InChI=1S/C61H69N10O16PS/c1-36-30-70(60(77)69-56(36)74)49-29-44(72)45(85-49)32-84-88(78,79)87-52-46(31-83-61(38-15-8-5-9-16-38,39-19-23-41(80-2)24-20-39)40-21-25-42(81-3)26-22-40)86-58(71-35-65-51-54(63-34-64-55(51)71)68-57(75)37-13-6-4-7-14-37)53(52)82-28-12-27-62-48(73)18-11-10-17-47-50-43(33-89-47)66-59(76)67-50/h4-9,13-16,19-26,30,34-35,43-47,49-50,52-53,58,72H,10-12,17-18,27-29,31-33H2,1-3H3,(H,62,73)(H,78,79)(H2,66,67,76)(H,69,74,77)(H,63,64,68,75)/t43-,44-,45+,46+,47-,49+,50-,52+,53+,58+/m0/s1. The quantitative estimate of drug-likeness (QED) is 0.0142. The number of benzene rings is 4. The van der Waals surface area contributed by atoms with Crippen molar-refractivity contribution in [3.63, 3.8) is 0 Å². The monoisotopic (exact) mass is 1260 g/mol. The number of imidazole rings is 1. The summed E-state index contributed by atoms with van der Waals surface area (Å²) in [4.78, 5) is 91.4. The van der Waals surface area contributed by atoms with E-state index in [9.17, 15) is 38.5 Å². The number of nitrogens with one attached hydrogen (secondary N) is 5.